The van der Waals surface area contributed by atoms with Gasteiger partial charge in [0, 0.05) is 28.0 Å². The van der Waals surface area contributed by atoms with E-state index in [1.807, 2.05) is 85.8 Å². The molecule has 0 fully saturated rings. The maximum Gasteiger partial charge on any atom is 0.260 e. The van der Waals surface area contributed by atoms with E-state index in [1.54, 1.807) is 12.3 Å². The summed E-state index contributed by atoms with van der Waals surface area (Å²) in [5.74, 6) is -0.339. The van der Waals surface area contributed by atoms with Crippen LogP contribution in [0.4, 0.5) is 0 Å². The van der Waals surface area contributed by atoms with E-state index in [0.29, 0.717) is 11.1 Å². The fourth-order valence-corrected chi connectivity index (χ4v) is 4.01. The maximum absolute atomic E-state index is 13.4. The van der Waals surface area contributed by atoms with Gasteiger partial charge in [-0.05, 0) is 42.3 Å². The number of rotatable bonds is 4. The predicted molar refractivity (Wildman–Crippen MR) is 130 cm³/mol. The molecule has 0 saturated heterocycles. The number of nitrogens with one attached hydrogen (secondary N) is 1. The van der Waals surface area contributed by atoms with E-state index in [1.165, 1.54) is 6.08 Å². The lowest BCUT2D eigenvalue weighted by atomic mass is 9.93. The number of para-hydroxylation sites is 2. The van der Waals surface area contributed by atoms with Crippen LogP contribution in [-0.2, 0) is 0 Å². The molecule has 0 aliphatic heterocycles. The number of carbonyl (C=O) groups excluding carboxylic acids is 1. The highest BCUT2D eigenvalue weighted by molar-refractivity contribution is 6.15. The number of H-pyrrole nitrogens is 1. The van der Waals surface area contributed by atoms with E-state index < -0.39 is 5.56 Å². The van der Waals surface area contributed by atoms with E-state index in [4.69, 9.17) is 0 Å². The number of nitrogens with zero attached hydrogens (tertiary/aromatic N) is 1. The highest BCUT2D eigenvalue weighted by atomic mass is 16.1. The SMILES string of the molecule is Cc1ccc(-c2c(C(=O)C=Cc3ccnc4ccccc34)c(=O)[nH]c3ccccc23)cc1. The molecule has 3 aromatic carbocycles. The molecule has 4 nitrogen and oxygen atoms in total. The third-order valence-corrected chi connectivity index (χ3v) is 5.61. The van der Waals surface area contributed by atoms with Crippen molar-refractivity contribution in [3.8, 4) is 11.1 Å². The second-order valence-electron chi connectivity index (χ2n) is 7.73. The zero-order valence-corrected chi connectivity index (χ0v) is 17.5. The molecule has 1 N–H and O–H groups in total. The predicted octanol–water partition coefficient (Wildman–Crippen LogP) is 5.95. The Kier molecular flexibility index (Phi) is 4.96. The quantitative estimate of drug-likeness (QED) is 0.291. The summed E-state index contributed by atoms with van der Waals surface area (Å²) in [6.45, 7) is 2.01. The molecule has 0 radical (unpaired) electrons. The Labute approximate surface area is 184 Å². The largest absolute Gasteiger partial charge is 0.321 e. The molecule has 154 valence electrons. The lowest BCUT2D eigenvalue weighted by Crippen LogP contribution is -2.18. The number of aromatic nitrogens is 2. The van der Waals surface area contributed by atoms with Crippen LogP contribution in [0.2, 0.25) is 0 Å². The second-order valence-corrected chi connectivity index (χ2v) is 7.73. The minimum atomic E-state index is -0.395. The highest BCUT2D eigenvalue weighted by Gasteiger charge is 2.19. The number of allylic oxidation sites excluding steroid dienone is 1. The van der Waals surface area contributed by atoms with E-state index >= 15 is 0 Å². The van der Waals surface area contributed by atoms with Gasteiger partial charge in [-0.15, -0.1) is 0 Å². The molecule has 0 amide bonds. The molecule has 5 aromatic rings. The summed E-state index contributed by atoms with van der Waals surface area (Å²) < 4.78 is 0. The van der Waals surface area contributed by atoms with Crippen molar-refractivity contribution in [1.82, 2.24) is 9.97 Å². The molecule has 0 unspecified atom stereocenters. The van der Waals surface area contributed by atoms with E-state index in [0.717, 1.165) is 33.0 Å². The lowest BCUT2D eigenvalue weighted by Gasteiger charge is -2.11. The van der Waals surface area contributed by atoms with Crippen molar-refractivity contribution in [2.45, 2.75) is 6.92 Å². The van der Waals surface area contributed by atoms with Gasteiger partial charge in [-0.1, -0.05) is 72.3 Å². The fraction of sp³-hybridized carbons (Fsp3) is 0.0357. The molecule has 0 aliphatic rings. The van der Waals surface area contributed by atoms with Gasteiger partial charge in [-0.3, -0.25) is 14.6 Å². The maximum atomic E-state index is 13.4. The smallest absolute Gasteiger partial charge is 0.260 e. The van der Waals surface area contributed by atoms with Gasteiger partial charge in [0.1, 0.15) is 0 Å². The fourth-order valence-electron chi connectivity index (χ4n) is 4.01. The van der Waals surface area contributed by atoms with Gasteiger partial charge in [0.05, 0.1) is 11.1 Å². The minimum Gasteiger partial charge on any atom is -0.321 e. The van der Waals surface area contributed by atoms with Crippen molar-refractivity contribution >= 4 is 33.7 Å². The van der Waals surface area contributed by atoms with Crippen molar-refractivity contribution in [3.63, 3.8) is 0 Å². The summed E-state index contributed by atoms with van der Waals surface area (Å²) >= 11 is 0. The Hall–Kier alpha value is -4.31. The van der Waals surface area contributed by atoms with Crippen LogP contribution >= 0.6 is 0 Å². The van der Waals surface area contributed by atoms with Crippen LogP contribution in [-0.4, -0.2) is 15.8 Å². The average Bonchev–Trinajstić information content (AvgIpc) is 2.82. The standard InChI is InChI=1S/C28H20N2O2/c1-18-10-12-20(13-11-18)26-22-7-3-5-9-24(22)30-28(32)27(26)25(31)15-14-19-16-17-29-23-8-4-2-6-21(19)23/h2-17H,1H3,(H,30,32). The lowest BCUT2D eigenvalue weighted by molar-refractivity contribution is 0.104. The van der Waals surface area contributed by atoms with Crippen molar-refractivity contribution < 1.29 is 4.79 Å². The van der Waals surface area contributed by atoms with Gasteiger partial charge in [0.15, 0.2) is 5.78 Å². The Balaban J connectivity index is 1.68. The van der Waals surface area contributed by atoms with Gasteiger partial charge < -0.3 is 4.98 Å². The third kappa shape index (κ3) is 3.52. The first-order chi connectivity index (χ1) is 15.6. The van der Waals surface area contributed by atoms with E-state index in [-0.39, 0.29) is 11.3 Å². The number of aryl methyl sites for hydroxylation is 1. The molecular weight excluding hydrogens is 396 g/mol. The summed E-state index contributed by atoms with van der Waals surface area (Å²) in [5, 5.41) is 1.78. The van der Waals surface area contributed by atoms with Crippen LogP contribution in [0.25, 0.3) is 39.0 Å². The zero-order valence-electron chi connectivity index (χ0n) is 17.5. The van der Waals surface area contributed by atoms with Crippen LogP contribution in [0.1, 0.15) is 21.5 Å². The van der Waals surface area contributed by atoms with Crippen molar-refractivity contribution in [3.05, 3.63) is 118 Å². The van der Waals surface area contributed by atoms with Crippen molar-refractivity contribution in [2.24, 2.45) is 0 Å². The third-order valence-electron chi connectivity index (χ3n) is 5.61. The first-order valence-electron chi connectivity index (χ1n) is 10.4. The summed E-state index contributed by atoms with van der Waals surface area (Å²) in [5.41, 5.74) is 4.77. The second kappa shape index (κ2) is 8.08. The number of aromatic amines is 1. The Morgan fingerprint density at radius 3 is 2.41 bits per heavy atom. The summed E-state index contributed by atoms with van der Waals surface area (Å²) in [7, 11) is 0. The van der Waals surface area contributed by atoms with Crippen LogP contribution in [0.5, 0.6) is 0 Å². The molecule has 0 aliphatic carbocycles. The molecule has 0 spiro atoms. The van der Waals surface area contributed by atoms with Crippen LogP contribution in [0.15, 0.2) is 95.9 Å². The van der Waals surface area contributed by atoms with Gasteiger partial charge in [-0.2, -0.15) is 0 Å². The number of benzene rings is 3. The van der Waals surface area contributed by atoms with Crippen LogP contribution < -0.4 is 5.56 Å². The molecule has 0 bridgehead atoms. The normalized spacial score (nSPS) is 11.4. The molecule has 2 aromatic heterocycles. The summed E-state index contributed by atoms with van der Waals surface area (Å²) in [6, 6.07) is 25.0. The molecule has 32 heavy (non-hydrogen) atoms. The molecule has 0 saturated carbocycles. The first kappa shape index (κ1) is 19.6. The minimum absolute atomic E-state index is 0.141. The van der Waals surface area contributed by atoms with Crippen molar-refractivity contribution in [1.29, 1.82) is 0 Å². The average molecular weight is 416 g/mol. The highest BCUT2D eigenvalue weighted by Crippen LogP contribution is 2.30. The van der Waals surface area contributed by atoms with Gasteiger partial charge in [-0.25, -0.2) is 0 Å². The number of fused-ring (bicyclic) bond motifs is 2. The van der Waals surface area contributed by atoms with Crippen LogP contribution in [0.3, 0.4) is 0 Å². The number of hydrogen-bond donors (Lipinski definition) is 1. The Morgan fingerprint density at radius 1 is 0.875 bits per heavy atom. The Morgan fingerprint density at radius 2 is 1.59 bits per heavy atom. The molecular formula is C28H20N2O2. The molecule has 2 heterocycles. The number of carbonyl (C=O) groups is 1. The number of ketones is 1. The summed E-state index contributed by atoms with van der Waals surface area (Å²) in [6.07, 6.45) is 4.94. The Bertz CT molecular complexity index is 1560. The molecule has 5 rings (SSSR count). The molecule has 0 atom stereocenters. The number of pyridine rings is 2. The van der Waals surface area contributed by atoms with Gasteiger partial charge in [0.2, 0.25) is 0 Å². The van der Waals surface area contributed by atoms with E-state index in [9.17, 15) is 9.59 Å². The number of hydrogen-bond acceptors (Lipinski definition) is 3. The van der Waals surface area contributed by atoms with E-state index in [2.05, 4.69) is 9.97 Å². The van der Waals surface area contributed by atoms with Gasteiger partial charge in [0.25, 0.3) is 5.56 Å². The monoisotopic (exact) mass is 416 g/mol. The topological polar surface area (TPSA) is 62.8 Å². The zero-order chi connectivity index (χ0) is 22.1. The summed E-state index contributed by atoms with van der Waals surface area (Å²) in [4.78, 5) is 33.6. The first-order valence-corrected chi connectivity index (χ1v) is 10.4. The van der Waals surface area contributed by atoms with Crippen molar-refractivity contribution in [2.75, 3.05) is 0 Å². The molecule has 4 heteroatoms. The van der Waals surface area contributed by atoms with Crippen LogP contribution in [0, 0.1) is 6.92 Å². The van der Waals surface area contributed by atoms with Gasteiger partial charge >= 0.3 is 0 Å².